The summed E-state index contributed by atoms with van der Waals surface area (Å²) in [5.74, 6) is -3.46. The van der Waals surface area contributed by atoms with Crippen LogP contribution >= 0.6 is 22.6 Å². The predicted molar refractivity (Wildman–Crippen MR) is 97.8 cm³/mol. The van der Waals surface area contributed by atoms with Crippen molar-refractivity contribution in [3.05, 3.63) is 50.6 Å². The van der Waals surface area contributed by atoms with Crippen LogP contribution in [0, 0.1) is 15.2 Å². The van der Waals surface area contributed by atoms with Crippen molar-refractivity contribution in [1.29, 1.82) is 0 Å². The molecule has 0 heterocycles. The molecule has 0 radical (unpaired) electrons. The summed E-state index contributed by atoms with van der Waals surface area (Å²) >= 11 is 2.01. The lowest BCUT2D eigenvalue weighted by atomic mass is 9.98. The minimum atomic E-state index is -1.42. The Kier molecular flexibility index (Phi) is 6.21. The van der Waals surface area contributed by atoms with Crippen LogP contribution in [0.4, 0.5) is 8.78 Å². The zero-order valence-corrected chi connectivity index (χ0v) is 16.1. The maximum atomic E-state index is 14.1. The summed E-state index contributed by atoms with van der Waals surface area (Å²) in [5.41, 5.74) is 0.536. The van der Waals surface area contributed by atoms with Gasteiger partial charge in [-0.15, -0.1) is 0 Å². The van der Waals surface area contributed by atoms with Crippen molar-refractivity contribution >= 4 is 28.6 Å². The Hall–Kier alpha value is -1.90. The van der Waals surface area contributed by atoms with E-state index in [1.807, 2.05) is 28.7 Å². The number of ether oxygens (including phenoxy) is 2. The number of hydrogen-bond acceptors (Lipinski definition) is 3. The molecule has 2 aromatic rings. The van der Waals surface area contributed by atoms with Gasteiger partial charge in [0.25, 0.3) is 0 Å². The van der Waals surface area contributed by atoms with Crippen LogP contribution in [0.15, 0.2) is 24.3 Å². The van der Waals surface area contributed by atoms with Crippen molar-refractivity contribution in [2.24, 2.45) is 0 Å². The van der Waals surface area contributed by atoms with Crippen LogP contribution in [-0.2, 0) is 0 Å². The molecule has 0 saturated heterocycles. The molecule has 0 aromatic heterocycles. The average Bonchev–Trinajstić information content (AvgIpc) is 2.57. The monoisotopic (exact) mass is 462 g/mol. The third-order valence-electron chi connectivity index (χ3n) is 3.88. The molecule has 0 amide bonds. The number of methoxy groups -OCH3 is 1. The molecule has 0 aliphatic heterocycles. The molecule has 4 nitrogen and oxygen atoms in total. The first kappa shape index (κ1) is 19.4. The minimum Gasteiger partial charge on any atom is -0.493 e. The van der Waals surface area contributed by atoms with Gasteiger partial charge in [0.1, 0.15) is 0 Å². The van der Waals surface area contributed by atoms with Crippen molar-refractivity contribution in [3.63, 3.8) is 0 Å². The molecule has 0 aliphatic carbocycles. The van der Waals surface area contributed by atoms with Crippen LogP contribution in [-0.4, -0.2) is 18.2 Å². The van der Waals surface area contributed by atoms with Crippen LogP contribution < -0.4 is 9.47 Å². The van der Waals surface area contributed by atoms with Gasteiger partial charge in [-0.1, -0.05) is 13.8 Å². The van der Waals surface area contributed by atoms with Crippen LogP contribution in [0.3, 0.4) is 0 Å². The van der Waals surface area contributed by atoms with Crippen molar-refractivity contribution in [1.82, 2.24) is 0 Å². The molecule has 2 rings (SSSR count). The number of hydrogen-bond donors (Lipinski definition) is 1. The number of halogens is 3. The second-order valence-corrected chi connectivity index (χ2v) is 6.68. The van der Waals surface area contributed by atoms with Gasteiger partial charge in [-0.3, -0.25) is 0 Å². The van der Waals surface area contributed by atoms with Gasteiger partial charge < -0.3 is 14.6 Å². The first-order chi connectivity index (χ1) is 11.8. The maximum absolute atomic E-state index is 14.1. The second kappa shape index (κ2) is 7.99. The summed E-state index contributed by atoms with van der Waals surface area (Å²) in [6.45, 7) is 4.12. The number of carbonyl (C=O) groups is 1. The van der Waals surface area contributed by atoms with E-state index < -0.39 is 28.9 Å². The third-order valence-corrected chi connectivity index (χ3v) is 4.68. The first-order valence-corrected chi connectivity index (χ1v) is 8.63. The molecule has 0 aliphatic rings. The Morgan fingerprint density at radius 2 is 1.80 bits per heavy atom. The number of aromatic carboxylic acids is 1. The molecule has 0 bridgehead atoms. The molecule has 0 saturated carbocycles. The predicted octanol–water partition coefficient (Wildman–Crippen LogP) is 5.58. The quantitative estimate of drug-likeness (QED) is 0.570. The van der Waals surface area contributed by atoms with E-state index in [-0.39, 0.29) is 5.75 Å². The number of carboxylic acid groups (broad SMARTS) is 1. The van der Waals surface area contributed by atoms with Gasteiger partial charge in [0.2, 0.25) is 0 Å². The Balaban J connectivity index is 2.49. The zero-order chi connectivity index (χ0) is 18.7. The zero-order valence-electron chi connectivity index (χ0n) is 13.9. The van der Waals surface area contributed by atoms with E-state index >= 15 is 0 Å². The van der Waals surface area contributed by atoms with Gasteiger partial charge in [0.15, 0.2) is 28.9 Å². The van der Waals surface area contributed by atoms with Crippen LogP contribution in [0.5, 0.6) is 17.2 Å². The summed E-state index contributed by atoms with van der Waals surface area (Å²) in [7, 11) is 1.44. The molecule has 1 unspecified atom stereocenters. The Morgan fingerprint density at radius 1 is 1.20 bits per heavy atom. The van der Waals surface area contributed by atoms with Crippen molar-refractivity contribution in [3.8, 4) is 17.2 Å². The molecular weight excluding hydrogens is 445 g/mol. The lowest BCUT2D eigenvalue weighted by molar-refractivity contribution is 0.0695. The van der Waals surface area contributed by atoms with Crippen LogP contribution in [0.2, 0.25) is 0 Å². The summed E-state index contributed by atoms with van der Waals surface area (Å²) in [5, 5.41) is 8.85. The van der Waals surface area contributed by atoms with E-state index in [1.54, 1.807) is 6.07 Å². The first-order valence-electron chi connectivity index (χ1n) is 7.56. The molecular formula is C18H17F2IO4. The SMILES string of the molecule is CCC(C)c1cc(I)c(Oc2c(F)cc(C(=O)O)cc2F)c(OC)c1. The van der Waals surface area contributed by atoms with Gasteiger partial charge in [-0.2, -0.15) is 0 Å². The fourth-order valence-electron chi connectivity index (χ4n) is 2.24. The molecule has 0 spiro atoms. The molecule has 134 valence electrons. The lowest BCUT2D eigenvalue weighted by Gasteiger charge is -2.17. The number of carboxylic acids is 1. The molecule has 0 fully saturated rings. The van der Waals surface area contributed by atoms with Crippen molar-refractivity contribution in [2.45, 2.75) is 26.2 Å². The minimum absolute atomic E-state index is 0.177. The van der Waals surface area contributed by atoms with Gasteiger partial charge in [-0.05, 0) is 64.8 Å². The number of benzene rings is 2. The second-order valence-electron chi connectivity index (χ2n) is 5.52. The summed E-state index contributed by atoms with van der Waals surface area (Å²) in [6, 6.07) is 5.07. The molecule has 25 heavy (non-hydrogen) atoms. The lowest BCUT2D eigenvalue weighted by Crippen LogP contribution is -2.03. The van der Waals surface area contributed by atoms with Gasteiger partial charge in [-0.25, -0.2) is 13.6 Å². The van der Waals surface area contributed by atoms with Gasteiger partial charge in [0.05, 0.1) is 16.2 Å². The largest absolute Gasteiger partial charge is 0.493 e. The van der Waals surface area contributed by atoms with Gasteiger partial charge >= 0.3 is 5.97 Å². The van der Waals surface area contributed by atoms with Crippen molar-refractivity contribution in [2.75, 3.05) is 7.11 Å². The molecule has 1 atom stereocenters. The topological polar surface area (TPSA) is 55.8 Å². The standard InChI is InChI=1S/C18H17F2IO4/c1-4-9(2)10-7-14(21)17(15(8-10)24-3)25-16-12(19)5-11(18(22)23)6-13(16)20/h5-9H,4H2,1-3H3,(H,22,23). The average molecular weight is 462 g/mol. The summed E-state index contributed by atoms with van der Waals surface area (Å²) in [6.07, 6.45) is 0.930. The molecule has 1 N–H and O–H groups in total. The van der Waals surface area contributed by atoms with Crippen LogP contribution in [0.25, 0.3) is 0 Å². The van der Waals surface area contributed by atoms with Crippen molar-refractivity contribution < 1.29 is 28.2 Å². The molecule has 2 aromatic carbocycles. The van der Waals surface area contributed by atoms with E-state index in [0.717, 1.165) is 12.0 Å². The summed E-state index contributed by atoms with van der Waals surface area (Å²) in [4.78, 5) is 10.9. The fraction of sp³-hybridized carbons (Fsp3) is 0.278. The molecule has 7 heteroatoms. The van der Waals surface area contributed by atoms with Crippen LogP contribution in [0.1, 0.15) is 42.1 Å². The van der Waals surface area contributed by atoms with E-state index in [1.165, 1.54) is 7.11 Å². The van der Waals surface area contributed by atoms with E-state index in [9.17, 15) is 13.6 Å². The summed E-state index contributed by atoms with van der Waals surface area (Å²) < 4.78 is 39.6. The Morgan fingerprint density at radius 3 is 2.28 bits per heavy atom. The van der Waals surface area contributed by atoms with E-state index in [2.05, 4.69) is 13.8 Å². The number of rotatable bonds is 6. The Labute approximate surface area is 157 Å². The van der Waals surface area contributed by atoms with E-state index in [0.29, 0.717) is 27.4 Å². The normalized spacial score (nSPS) is 11.9. The highest BCUT2D eigenvalue weighted by Gasteiger charge is 2.21. The van der Waals surface area contributed by atoms with E-state index in [4.69, 9.17) is 14.6 Å². The smallest absolute Gasteiger partial charge is 0.335 e. The highest BCUT2D eigenvalue weighted by molar-refractivity contribution is 14.1. The van der Waals surface area contributed by atoms with Gasteiger partial charge in [0, 0.05) is 0 Å². The fourth-order valence-corrected chi connectivity index (χ4v) is 2.98. The third kappa shape index (κ3) is 4.20. The maximum Gasteiger partial charge on any atom is 0.335 e. The highest BCUT2D eigenvalue weighted by Crippen LogP contribution is 2.40. The highest BCUT2D eigenvalue weighted by atomic mass is 127. The Bertz CT molecular complexity index is 785.